The van der Waals surface area contributed by atoms with Crippen molar-refractivity contribution in [2.75, 3.05) is 13.1 Å². The molecule has 3 aromatic heterocycles. The Hall–Kier alpha value is -4.15. The first-order chi connectivity index (χ1) is 14.2. The van der Waals surface area contributed by atoms with Gasteiger partial charge >= 0.3 is 0 Å². The van der Waals surface area contributed by atoms with E-state index in [1.54, 1.807) is 35.2 Å². The molecule has 1 N–H and O–H groups in total. The number of likely N-dealkylation sites (tertiary alicyclic amines) is 1. The zero-order chi connectivity index (χ0) is 19.8. The summed E-state index contributed by atoms with van der Waals surface area (Å²) in [4.78, 5) is 33.2. The van der Waals surface area contributed by atoms with Crippen LogP contribution < -0.4 is 5.56 Å². The van der Waals surface area contributed by atoms with E-state index in [0.717, 1.165) is 0 Å². The number of hydrogen-bond acceptors (Lipinski definition) is 8. The molecule has 1 fully saturated rings. The number of aromatic amines is 1. The first-order valence-corrected chi connectivity index (χ1v) is 8.83. The van der Waals surface area contributed by atoms with Gasteiger partial charge in [0.2, 0.25) is 11.7 Å². The van der Waals surface area contributed by atoms with Gasteiger partial charge in [0.1, 0.15) is 6.33 Å². The Balaban J connectivity index is 1.28. The quantitative estimate of drug-likeness (QED) is 0.536. The van der Waals surface area contributed by atoms with E-state index in [0.29, 0.717) is 35.8 Å². The lowest BCUT2D eigenvalue weighted by atomic mass is 9.98. The summed E-state index contributed by atoms with van der Waals surface area (Å²) in [5.74, 6) is 0.483. The Labute approximate surface area is 163 Å². The molecule has 0 bridgehead atoms. The summed E-state index contributed by atoms with van der Waals surface area (Å²) in [5, 5.41) is 14.9. The molecule has 11 nitrogen and oxygen atoms in total. The minimum absolute atomic E-state index is 0.0642. The number of pyridine rings is 1. The molecule has 0 atom stereocenters. The number of H-pyrrole nitrogens is 1. The van der Waals surface area contributed by atoms with Gasteiger partial charge in [0, 0.05) is 24.8 Å². The SMILES string of the molecule is O=C(c1cccc(-n2cnnn2)c1)N1CC(c2nc(-c3ccc[nH]c3=O)no2)C1. The molecule has 4 heterocycles. The minimum Gasteiger partial charge on any atom is -0.339 e. The van der Waals surface area contributed by atoms with Gasteiger partial charge in [-0.1, -0.05) is 11.2 Å². The lowest BCUT2D eigenvalue weighted by molar-refractivity contribution is 0.0569. The van der Waals surface area contributed by atoms with Gasteiger partial charge in [0.25, 0.3) is 11.5 Å². The minimum atomic E-state index is -0.285. The first-order valence-electron chi connectivity index (χ1n) is 8.83. The van der Waals surface area contributed by atoms with Crippen molar-refractivity contribution in [3.8, 4) is 17.1 Å². The molecule has 0 radical (unpaired) electrons. The average Bonchev–Trinajstić information content (AvgIpc) is 3.40. The van der Waals surface area contributed by atoms with Crippen LogP contribution >= 0.6 is 0 Å². The fourth-order valence-electron chi connectivity index (χ4n) is 3.15. The Bertz CT molecular complexity index is 1220. The van der Waals surface area contributed by atoms with E-state index in [1.165, 1.54) is 17.2 Å². The smallest absolute Gasteiger partial charge is 0.259 e. The third-order valence-electron chi connectivity index (χ3n) is 4.73. The van der Waals surface area contributed by atoms with E-state index >= 15 is 0 Å². The van der Waals surface area contributed by atoms with Gasteiger partial charge in [-0.25, -0.2) is 4.68 Å². The molecule has 0 aliphatic carbocycles. The predicted octanol–water partition coefficient (Wildman–Crippen LogP) is 0.640. The number of aromatic nitrogens is 7. The number of rotatable bonds is 4. The fourth-order valence-corrected chi connectivity index (χ4v) is 3.15. The summed E-state index contributed by atoms with van der Waals surface area (Å²) >= 11 is 0. The van der Waals surface area contributed by atoms with E-state index in [2.05, 4.69) is 30.7 Å². The molecule has 0 saturated carbocycles. The van der Waals surface area contributed by atoms with E-state index in [9.17, 15) is 9.59 Å². The number of hydrogen-bond donors (Lipinski definition) is 1. The lowest BCUT2D eigenvalue weighted by Gasteiger charge is -2.37. The Morgan fingerprint density at radius 2 is 2.10 bits per heavy atom. The third kappa shape index (κ3) is 3.08. The maximum Gasteiger partial charge on any atom is 0.259 e. The molecule has 144 valence electrons. The van der Waals surface area contributed by atoms with Crippen LogP contribution in [0.15, 0.2) is 58.2 Å². The summed E-state index contributed by atoms with van der Waals surface area (Å²) in [6.45, 7) is 0.918. The number of tetrazole rings is 1. The molecular formula is C18H14N8O3. The van der Waals surface area contributed by atoms with Crippen molar-refractivity contribution in [3.05, 3.63) is 70.7 Å². The molecule has 1 saturated heterocycles. The van der Waals surface area contributed by atoms with Gasteiger partial charge in [-0.05, 0) is 40.8 Å². The number of carbonyl (C=O) groups is 1. The molecular weight excluding hydrogens is 376 g/mol. The second kappa shape index (κ2) is 6.78. The highest BCUT2D eigenvalue weighted by Crippen LogP contribution is 2.28. The van der Waals surface area contributed by atoms with E-state index in [4.69, 9.17) is 4.52 Å². The summed E-state index contributed by atoms with van der Waals surface area (Å²) in [6.07, 6.45) is 3.00. The van der Waals surface area contributed by atoms with Crippen LogP contribution in [0.3, 0.4) is 0 Å². The highest BCUT2D eigenvalue weighted by Gasteiger charge is 2.36. The van der Waals surface area contributed by atoms with Crippen LogP contribution in [0.2, 0.25) is 0 Å². The van der Waals surface area contributed by atoms with Crippen LogP contribution in [-0.2, 0) is 0 Å². The molecule has 0 spiro atoms. The highest BCUT2D eigenvalue weighted by molar-refractivity contribution is 5.95. The molecule has 0 unspecified atom stereocenters. The molecule has 11 heteroatoms. The molecule has 1 aromatic carbocycles. The Morgan fingerprint density at radius 3 is 2.90 bits per heavy atom. The number of amides is 1. The van der Waals surface area contributed by atoms with Gasteiger partial charge in [0.05, 0.1) is 17.2 Å². The second-order valence-electron chi connectivity index (χ2n) is 6.58. The van der Waals surface area contributed by atoms with Crippen molar-refractivity contribution in [2.24, 2.45) is 0 Å². The largest absolute Gasteiger partial charge is 0.339 e. The van der Waals surface area contributed by atoms with Crippen molar-refractivity contribution < 1.29 is 9.32 Å². The second-order valence-corrected chi connectivity index (χ2v) is 6.58. The van der Waals surface area contributed by atoms with Gasteiger partial charge < -0.3 is 14.4 Å². The molecule has 1 aliphatic heterocycles. The van der Waals surface area contributed by atoms with Crippen LogP contribution in [0.5, 0.6) is 0 Å². The van der Waals surface area contributed by atoms with E-state index in [1.807, 2.05) is 6.07 Å². The molecule has 1 amide bonds. The van der Waals surface area contributed by atoms with Crippen LogP contribution in [-0.4, -0.2) is 59.2 Å². The van der Waals surface area contributed by atoms with E-state index < -0.39 is 0 Å². The maximum absolute atomic E-state index is 12.7. The summed E-state index contributed by atoms with van der Waals surface area (Å²) in [5.41, 5.74) is 1.30. The van der Waals surface area contributed by atoms with Gasteiger partial charge in [-0.2, -0.15) is 4.98 Å². The zero-order valence-corrected chi connectivity index (χ0v) is 15.0. The van der Waals surface area contributed by atoms with E-state index in [-0.39, 0.29) is 23.2 Å². The van der Waals surface area contributed by atoms with Crippen molar-refractivity contribution >= 4 is 5.91 Å². The van der Waals surface area contributed by atoms with Crippen molar-refractivity contribution in [1.82, 2.24) is 40.2 Å². The Morgan fingerprint density at radius 1 is 1.21 bits per heavy atom. The van der Waals surface area contributed by atoms with Gasteiger partial charge in [-0.3, -0.25) is 9.59 Å². The molecule has 4 aromatic rings. The number of nitrogens with one attached hydrogen (secondary N) is 1. The first kappa shape index (κ1) is 17.0. The fraction of sp³-hybridized carbons (Fsp3) is 0.167. The van der Waals surface area contributed by atoms with Crippen LogP contribution in [0.1, 0.15) is 22.2 Å². The summed E-state index contributed by atoms with van der Waals surface area (Å²) in [6, 6.07) is 10.4. The maximum atomic E-state index is 12.7. The number of nitrogens with zero attached hydrogens (tertiary/aromatic N) is 7. The zero-order valence-electron chi connectivity index (χ0n) is 15.0. The number of carbonyl (C=O) groups excluding carboxylic acids is 1. The normalized spacial score (nSPS) is 14.0. The van der Waals surface area contributed by atoms with Gasteiger partial charge in [0.15, 0.2) is 0 Å². The lowest BCUT2D eigenvalue weighted by Crippen LogP contribution is -2.48. The van der Waals surface area contributed by atoms with Gasteiger partial charge in [-0.15, -0.1) is 5.10 Å². The summed E-state index contributed by atoms with van der Waals surface area (Å²) < 4.78 is 6.79. The highest BCUT2D eigenvalue weighted by atomic mass is 16.5. The van der Waals surface area contributed by atoms with Crippen LogP contribution in [0.4, 0.5) is 0 Å². The third-order valence-corrected chi connectivity index (χ3v) is 4.73. The molecule has 1 aliphatic rings. The molecule has 5 rings (SSSR count). The number of benzene rings is 1. The summed E-state index contributed by atoms with van der Waals surface area (Å²) in [7, 11) is 0. The van der Waals surface area contributed by atoms with Crippen molar-refractivity contribution in [1.29, 1.82) is 0 Å². The Kier molecular flexibility index (Phi) is 3.97. The van der Waals surface area contributed by atoms with Crippen molar-refractivity contribution in [3.63, 3.8) is 0 Å². The van der Waals surface area contributed by atoms with Crippen LogP contribution in [0, 0.1) is 0 Å². The predicted molar refractivity (Wildman–Crippen MR) is 98.2 cm³/mol. The topological polar surface area (TPSA) is 136 Å². The average molecular weight is 390 g/mol. The monoisotopic (exact) mass is 390 g/mol. The molecule has 29 heavy (non-hydrogen) atoms. The standard InChI is InChI=1S/C18H14N8O3/c27-16-14(5-2-6-19-16)15-21-17(29-22-15)12-8-25(9-12)18(28)11-3-1-4-13(7-11)26-10-20-23-24-26/h1-7,10,12H,8-9H2,(H,19,27). The van der Waals surface area contributed by atoms with Crippen molar-refractivity contribution in [2.45, 2.75) is 5.92 Å². The van der Waals surface area contributed by atoms with Crippen LogP contribution in [0.25, 0.3) is 17.1 Å².